The Morgan fingerprint density at radius 2 is 2.50 bits per heavy atom. The Labute approximate surface area is 59.7 Å². The van der Waals surface area contributed by atoms with Gasteiger partial charge in [-0.3, -0.25) is 4.74 Å². The molecular weight excluding hydrogens is 136 g/mol. The molecule has 1 heterocycles. The number of hydrogen-bond donors (Lipinski definition) is 1. The zero-order valence-electron chi connectivity index (χ0n) is 6.16. The lowest BCUT2D eigenvalue weighted by Crippen LogP contribution is -2.30. The first-order valence-corrected chi connectivity index (χ1v) is 3.30. The average Bonchev–Trinajstić information content (AvgIpc) is 2.12. The Bertz CT molecular complexity index is 112. The Morgan fingerprint density at radius 3 is 2.90 bits per heavy atom. The molecule has 0 saturated carbocycles. The lowest BCUT2D eigenvalue weighted by Gasteiger charge is -2.20. The third-order valence-electron chi connectivity index (χ3n) is 1.24. The van der Waals surface area contributed by atoms with Gasteiger partial charge in [-0.05, 0) is 6.92 Å². The third kappa shape index (κ3) is 1.67. The molecule has 1 saturated heterocycles. The van der Waals surface area contributed by atoms with Gasteiger partial charge in [0.25, 0.3) is 5.97 Å². The molecular formula is C6H12O4. The van der Waals surface area contributed by atoms with E-state index in [1.165, 1.54) is 0 Å². The van der Waals surface area contributed by atoms with Gasteiger partial charge in [-0.2, -0.15) is 0 Å². The summed E-state index contributed by atoms with van der Waals surface area (Å²) < 4.78 is 15.0. The maximum atomic E-state index is 8.86. The minimum atomic E-state index is -1.03. The second-order valence-corrected chi connectivity index (χ2v) is 2.18. The van der Waals surface area contributed by atoms with Crippen LogP contribution in [0.4, 0.5) is 0 Å². The fourth-order valence-electron chi connectivity index (χ4n) is 0.876. The molecule has 0 aromatic carbocycles. The van der Waals surface area contributed by atoms with E-state index in [-0.39, 0.29) is 6.61 Å². The zero-order chi connectivity index (χ0) is 7.61. The predicted molar refractivity (Wildman–Crippen MR) is 33.1 cm³/mol. The summed E-state index contributed by atoms with van der Waals surface area (Å²) >= 11 is 0. The van der Waals surface area contributed by atoms with E-state index in [1.54, 1.807) is 6.92 Å². The molecule has 4 heteroatoms. The molecule has 2 atom stereocenters. The van der Waals surface area contributed by atoms with Crippen molar-refractivity contribution in [3.8, 4) is 0 Å². The second-order valence-electron chi connectivity index (χ2n) is 2.18. The number of aliphatic hydroxyl groups excluding tert-OH is 1. The highest BCUT2D eigenvalue weighted by Gasteiger charge is 2.36. The molecule has 1 aliphatic rings. The minimum absolute atomic E-state index is 0.177. The van der Waals surface area contributed by atoms with Crippen LogP contribution in [0.25, 0.3) is 0 Å². The second kappa shape index (κ2) is 2.84. The summed E-state index contributed by atoms with van der Waals surface area (Å²) in [6.45, 7) is 4.15. The molecule has 1 fully saturated rings. The fourth-order valence-corrected chi connectivity index (χ4v) is 0.876. The largest absolute Gasteiger partial charge is 0.366 e. The highest BCUT2D eigenvalue weighted by atomic mass is 16.9. The van der Waals surface area contributed by atoms with Crippen LogP contribution < -0.4 is 0 Å². The Hall–Kier alpha value is -0.160. The van der Waals surface area contributed by atoms with Gasteiger partial charge < -0.3 is 14.6 Å². The molecule has 4 nitrogen and oxygen atoms in total. The maximum absolute atomic E-state index is 8.86. The standard InChI is InChI=1S/C6H12O4/c1-3-8-6(2)9-4-5(7)10-6/h5,7H,3-4H2,1-2H3. The van der Waals surface area contributed by atoms with Crippen LogP contribution in [0.15, 0.2) is 0 Å². The molecule has 0 aromatic heterocycles. The Morgan fingerprint density at radius 1 is 1.80 bits per heavy atom. The van der Waals surface area contributed by atoms with Gasteiger partial charge in [-0.25, -0.2) is 0 Å². The Balaban J connectivity index is 2.38. The van der Waals surface area contributed by atoms with Gasteiger partial charge in [-0.1, -0.05) is 0 Å². The molecule has 0 aromatic rings. The monoisotopic (exact) mass is 148 g/mol. The highest BCUT2D eigenvalue weighted by molar-refractivity contribution is 4.57. The summed E-state index contributed by atoms with van der Waals surface area (Å²) in [4.78, 5) is 0. The van der Waals surface area contributed by atoms with Crippen LogP contribution in [-0.4, -0.2) is 30.6 Å². The van der Waals surface area contributed by atoms with Gasteiger partial charge in [0, 0.05) is 13.5 Å². The quantitative estimate of drug-likeness (QED) is 0.601. The highest BCUT2D eigenvalue weighted by Crippen LogP contribution is 2.22. The molecule has 0 amide bonds. The lowest BCUT2D eigenvalue weighted by molar-refractivity contribution is -0.335. The predicted octanol–water partition coefficient (Wildman–Crippen LogP) is 0.0618. The van der Waals surface area contributed by atoms with Gasteiger partial charge in [0.05, 0.1) is 0 Å². The van der Waals surface area contributed by atoms with E-state index in [9.17, 15) is 0 Å². The van der Waals surface area contributed by atoms with Gasteiger partial charge in [0.15, 0.2) is 6.29 Å². The topological polar surface area (TPSA) is 47.9 Å². The van der Waals surface area contributed by atoms with E-state index in [4.69, 9.17) is 19.3 Å². The van der Waals surface area contributed by atoms with Gasteiger partial charge in [0.1, 0.15) is 6.61 Å². The van der Waals surface area contributed by atoms with Gasteiger partial charge in [-0.15, -0.1) is 0 Å². The molecule has 1 aliphatic heterocycles. The maximum Gasteiger partial charge on any atom is 0.282 e. The first kappa shape index (κ1) is 7.94. The summed E-state index contributed by atoms with van der Waals surface area (Å²) in [6.07, 6.45) is -0.850. The van der Waals surface area contributed by atoms with Crippen LogP contribution in [0, 0.1) is 0 Å². The van der Waals surface area contributed by atoms with Crippen molar-refractivity contribution in [1.82, 2.24) is 0 Å². The molecule has 2 unspecified atom stereocenters. The molecule has 1 rings (SSSR count). The summed E-state index contributed by atoms with van der Waals surface area (Å²) in [5, 5.41) is 8.86. The van der Waals surface area contributed by atoms with Crippen molar-refractivity contribution in [2.24, 2.45) is 0 Å². The average molecular weight is 148 g/mol. The number of ether oxygens (including phenoxy) is 3. The SMILES string of the molecule is CCOC1(C)OCC(O)O1. The van der Waals surface area contributed by atoms with Crippen molar-refractivity contribution in [1.29, 1.82) is 0 Å². The van der Waals surface area contributed by atoms with Crippen LogP contribution in [-0.2, 0) is 14.2 Å². The molecule has 10 heavy (non-hydrogen) atoms. The summed E-state index contributed by atoms with van der Waals surface area (Å²) in [6, 6.07) is 0. The summed E-state index contributed by atoms with van der Waals surface area (Å²) in [5.41, 5.74) is 0. The molecule has 0 bridgehead atoms. The molecule has 0 spiro atoms. The summed E-state index contributed by atoms with van der Waals surface area (Å²) in [7, 11) is 0. The van der Waals surface area contributed by atoms with E-state index in [1.807, 2.05) is 6.92 Å². The van der Waals surface area contributed by atoms with E-state index >= 15 is 0 Å². The van der Waals surface area contributed by atoms with E-state index in [0.29, 0.717) is 6.61 Å². The first-order chi connectivity index (χ1) is 4.66. The number of rotatable bonds is 2. The van der Waals surface area contributed by atoms with Crippen LogP contribution in [0.5, 0.6) is 0 Å². The van der Waals surface area contributed by atoms with Crippen molar-refractivity contribution in [2.45, 2.75) is 26.1 Å². The summed E-state index contributed by atoms with van der Waals surface area (Å²) in [5.74, 6) is -1.03. The van der Waals surface area contributed by atoms with Crippen LogP contribution in [0.2, 0.25) is 0 Å². The lowest BCUT2D eigenvalue weighted by atomic mass is 10.6. The van der Waals surface area contributed by atoms with E-state index in [0.717, 1.165) is 0 Å². The first-order valence-electron chi connectivity index (χ1n) is 3.30. The molecule has 60 valence electrons. The third-order valence-corrected chi connectivity index (χ3v) is 1.24. The Kier molecular flexibility index (Phi) is 2.25. The molecule has 1 N–H and O–H groups in total. The van der Waals surface area contributed by atoms with E-state index < -0.39 is 12.3 Å². The number of aliphatic hydroxyl groups is 1. The molecule has 0 radical (unpaired) electrons. The van der Waals surface area contributed by atoms with Crippen LogP contribution in [0.1, 0.15) is 13.8 Å². The smallest absolute Gasteiger partial charge is 0.282 e. The normalized spacial score (nSPS) is 40.5. The number of hydrogen-bond acceptors (Lipinski definition) is 4. The van der Waals surface area contributed by atoms with Crippen molar-refractivity contribution in [3.05, 3.63) is 0 Å². The minimum Gasteiger partial charge on any atom is -0.366 e. The zero-order valence-corrected chi connectivity index (χ0v) is 6.16. The van der Waals surface area contributed by atoms with Crippen LogP contribution in [0.3, 0.4) is 0 Å². The van der Waals surface area contributed by atoms with Crippen molar-refractivity contribution in [3.63, 3.8) is 0 Å². The van der Waals surface area contributed by atoms with Crippen molar-refractivity contribution < 1.29 is 19.3 Å². The molecule has 0 aliphatic carbocycles. The van der Waals surface area contributed by atoms with Crippen LogP contribution >= 0.6 is 0 Å². The fraction of sp³-hybridized carbons (Fsp3) is 1.00. The van der Waals surface area contributed by atoms with Crippen molar-refractivity contribution >= 4 is 0 Å². The van der Waals surface area contributed by atoms with E-state index in [2.05, 4.69) is 0 Å². The van der Waals surface area contributed by atoms with Gasteiger partial charge in [0.2, 0.25) is 0 Å². The van der Waals surface area contributed by atoms with Gasteiger partial charge >= 0.3 is 0 Å². The van der Waals surface area contributed by atoms with Crippen molar-refractivity contribution in [2.75, 3.05) is 13.2 Å².